The molecule has 0 saturated heterocycles. The van der Waals surface area contributed by atoms with Gasteiger partial charge in [0.05, 0.1) is 31.7 Å². The Labute approximate surface area is 168 Å². The molecule has 0 fully saturated rings. The van der Waals surface area contributed by atoms with Crippen LogP contribution < -0.4 is 4.74 Å². The predicted octanol–water partition coefficient (Wildman–Crippen LogP) is 3.26. The van der Waals surface area contributed by atoms with E-state index in [0.717, 1.165) is 33.9 Å². The van der Waals surface area contributed by atoms with Gasteiger partial charge >= 0.3 is 0 Å². The Morgan fingerprint density at radius 1 is 1.25 bits per heavy atom. The first-order chi connectivity index (χ1) is 13.1. The molecule has 0 aliphatic heterocycles. The highest BCUT2D eigenvalue weighted by Gasteiger charge is 2.21. The van der Waals surface area contributed by atoms with Gasteiger partial charge in [0.1, 0.15) is 24.6 Å². The van der Waals surface area contributed by atoms with Crippen molar-refractivity contribution < 1.29 is 19.1 Å². The molecule has 0 radical (unpaired) electrons. The molecule has 28 heavy (non-hydrogen) atoms. The molecule has 1 aliphatic rings. The van der Waals surface area contributed by atoms with Crippen LogP contribution in [0.1, 0.15) is 11.3 Å². The number of hydrogen-bond acceptors (Lipinski definition) is 5. The van der Waals surface area contributed by atoms with E-state index in [2.05, 4.69) is 31.2 Å². The van der Waals surface area contributed by atoms with E-state index in [1.807, 2.05) is 26.0 Å². The molecule has 3 rings (SSSR count). The van der Waals surface area contributed by atoms with E-state index in [1.165, 1.54) is 6.08 Å². The summed E-state index contributed by atoms with van der Waals surface area (Å²) in [6.07, 6.45) is 2.40. The molecule has 0 aromatic carbocycles. The lowest BCUT2D eigenvalue weighted by molar-refractivity contribution is -0.870. The fraction of sp³-hybridized carbons (Fsp3) is 0.350. The Morgan fingerprint density at radius 3 is 2.64 bits per heavy atom. The molecule has 148 valence electrons. The van der Waals surface area contributed by atoms with Crippen LogP contribution >= 0.6 is 11.6 Å². The molecule has 1 N–H and O–H groups in total. The van der Waals surface area contributed by atoms with Crippen LogP contribution in [0.5, 0.6) is 5.88 Å². The van der Waals surface area contributed by atoms with Gasteiger partial charge in [0.15, 0.2) is 5.69 Å². The zero-order valence-corrected chi connectivity index (χ0v) is 17.4. The third-order valence-electron chi connectivity index (χ3n) is 4.51. The number of aryl methyl sites for hydroxylation is 2. The molecule has 8 heteroatoms. The monoisotopic (exact) mass is 403 g/mol. The number of carbonyl (C=O) groups excluding carboxylic acids is 1. The lowest BCUT2D eigenvalue weighted by atomic mass is 10.1. The normalized spacial score (nSPS) is 16.5. The summed E-state index contributed by atoms with van der Waals surface area (Å²) in [7, 11) is 6.24. The fourth-order valence-electron chi connectivity index (χ4n) is 2.66. The van der Waals surface area contributed by atoms with Gasteiger partial charge < -0.3 is 14.3 Å². The van der Waals surface area contributed by atoms with E-state index in [9.17, 15) is 9.90 Å². The highest BCUT2D eigenvalue weighted by atomic mass is 35.5. The van der Waals surface area contributed by atoms with Gasteiger partial charge in [-0.2, -0.15) is 0 Å². The molecule has 2 heterocycles. The van der Waals surface area contributed by atoms with Gasteiger partial charge in [0.25, 0.3) is 5.88 Å². The molecule has 7 nitrogen and oxygen atoms in total. The van der Waals surface area contributed by atoms with E-state index in [1.54, 1.807) is 4.52 Å². The van der Waals surface area contributed by atoms with E-state index >= 15 is 0 Å². The minimum absolute atomic E-state index is 0.00690. The first-order valence-electron chi connectivity index (χ1n) is 8.90. The Kier molecular flexibility index (Phi) is 5.32. The highest BCUT2D eigenvalue weighted by molar-refractivity contribution is 6.47. The minimum atomic E-state index is -0.455. The fourth-order valence-corrected chi connectivity index (χ4v) is 2.82. The summed E-state index contributed by atoms with van der Waals surface area (Å²) in [6.45, 7) is 5.21. The Bertz CT molecular complexity index is 1040. The van der Waals surface area contributed by atoms with Crippen LogP contribution in [0.25, 0.3) is 5.52 Å². The summed E-state index contributed by atoms with van der Waals surface area (Å²) in [6, 6.07) is 3.89. The van der Waals surface area contributed by atoms with Crippen molar-refractivity contribution in [2.45, 2.75) is 13.8 Å². The van der Waals surface area contributed by atoms with Gasteiger partial charge in [0.2, 0.25) is 5.78 Å². The average molecular weight is 404 g/mol. The summed E-state index contributed by atoms with van der Waals surface area (Å²) in [5.41, 5.74) is 3.46. The van der Waals surface area contributed by atoms with E-state index in [-0.39, 0.29) is 16.5 Å². The standard InChI is InChI=1S/C20H23ClN4O3/c1-12-6-7-16-19(22-15-10-14(21)17(26)11-18(15)27)20(23-24(16)13(12)2)28-9-8-25(3,4)5/h6-7,10-11H,8-9H2,1-5H3/p+1/b22-15+. The Balaban J connectivity index is 2.10. The number of allylic oxidation sites excluding steroid dienone is 3. The number of pyridine rings is 1. The number of halogens is 1. The van der Waals surface area contributed by atoms with Gasteiger partial charge in [-0.05, 0) is 31.6 Å². The number of hydrogen-bond donors (Lipinski definition) is 1. The Hall–Kier alpha value is -2.64. The van der Waals surface area contributed by atoms with Crippen molar-refractivity contribution in [2.24, 2.45) is 4.99 Å². The maximum atomic E-state index is 11.6. The summed E-state index contributed by atoms with van der Waals surface area (Å²) >= 11 is 5.93. The van der Waals surface area contributed by atoms with Crippen molar-refractivity contribution in [2.75, 3.05) is 34.3 Å². The van der Waals surface area contributed by atoms with E-state index in [0.29, 0.717) is 18.2 Å². The van der Waals surface area contributed by atoms with Crippen molar-refractivity contribution in [3.63, 3.8) is 0 Å². The van der Waals surface area contributed by atoms with Crippen molar-refractivity contribution >= 4 is 34.3 Å². The molecule has 2 aromatic heterocycles. The number of carbonyl (C=O) groups is 1. The van der Waals surface area contributed by atoms with Crippen LogP contribution in [-0.4, -0.2) is 65.0 Å². The number of aliphatic hydroxyl groups is 1. The van der Waals surface area contributed by atoms with Crippen LogP contribution in [0.2, 0.25) is 0 Å². The first kappa shape index (κ1) is 20.1. The van der Waals surface area contributed by atoms with Gasteiger partial charge in [0, 0.05) is 11.8 Å². The smallest absolute Gasteiger partial charge is 0.260 e. The lowest BCUT2D eigenvalue weighted by Gasteiger charge is -2.23. The molecule has 0 bridgehead atoms. The second kappa shape index (κ2) is 7.41. The number of quaternary nitrogens is 1. The average Bonchev–Trinajstić information content (AvgIpc) is 2.93. The number of nitrogens with zero attached hydrogens (tertiary/aromatic N) is 4. The number of aliphatic hydroxyl groups excluding tert-OH is 1. The summed E-state index contributed by atoms with van der Waals surface area (Å²) in [5.74, 6) is -0.331. The van der Waals surface area contributed by atoms with Crippen LogP contribution in [0.3, 0.4) is 0 Å². The number of ketones is 1. The third-order valence-corrected chi connectivity index (χ3v) is 4.80. The summed E-state index contributed by atoms with van der Waals surface area (Å²) in [5, 5.41) is 14.7. The van der Waals surface area contributed by atoms with Crippen molar-refractivity contribution in [3.05, 3.63) is 46.3 Å². The number of ether oxygens (including phenoxy) is 1. The first-order valence-corrected chi connectivity index (χ1v) is 9.28. The third kappa shape index (κ3) is 4.10. The summed E-state index contributed by atoms with van der Waals surface area (Å²) in [4.78, 5) is 16.1. The minimum Gasteiger partial charge on any atom is -0.506 e. The second-order valence-electron chi connectivity index (χ2n) is 7.80. The van der Waals surface area contributed by atoms with Crippen LogP contribution in [-0.2, 0) is 4.79 Å². The summed E-state index contributed by atoms with van der Waals surface area (Å²) < 4.78 is 8.46. The topological polar surface area (TPSA) is 76.2 Å². The molecule has 1 aliphatic carbocycles. The van der Waals surface area contributed by atoms with Crippen LogP contribution in [0, 0.1) is 13.8 Å². The van der Waals surface area contributed by atoms with Gasteiger partial charge in [-0.15, -0.1) is 5.10 Å². The molecule has 0 spiro atoms. The molecule has 0 amide bonds. The molecular formula is C20H24ClN4O3+. The SMILES string of the molecule is Cc1ccc2c(/N=C3\C=C(Cl)C(=O)C=C3O)c(OCC[N+](C)(C)C)nn2c1C. The number of likely N-dealkylation sites (N-methyl/N-ethyl adjacent to an activating group) is 1. The molecule has 0 saturated carbocycles. The zero-order valence-electron chi connectivity index (χ0n) is 16.7. The van der Waals surface area contributed by atoms with Crippen molar-refractivity contribution in [3.8, 4) is 5.88 Å². The zero-order chi connectivity index (χ0) is 20.6. The molecule has 0 unspecified atom stereocenters. The Morgan fingerprint density at radius 2 is 1.96 bits per heavy atom. The molecular weight excluding hydrogens is 380 g/mol. The quantitative estimate of drug-likeness (QED) is 0.614. The van der Waals surface area contributed by atoms with E-state index < -0.39 is 5.78 Å². The van der Waals surface area contributed by atoms with Crippen molar-refractivity contribution in [1.82, 2.24) is 9.61 Å². The van der Waals surface area contributed by atoms with Crippen molar-refractivity contribution in [1.29, 1.82) is 0 Å². The van der Waals surface area contributed by atoms with Crippen LogP contribution in [0.15, 0.2) is 40.1 Å². The molecule has 0 atom stereocenters. The van der Waals surface area contributed by atoms with Gasteiger partial charge in [-0.3, -0.25) is 4.79 Å². The molecule has 2 aromatic rings. The second-order valence-corrected chi connectivity index (χ2v) is 8.21. The predicted molar refractivity (Wildman–Crippen MR) is 110 cm³/mol. The van der Waals surface area contributed by atoms with Gasteiger partial charge in [-0.25, -0.2) is 9.51 Å². The van der Waals surface area contributed by atoms with Gasteiger partial charge in [-0.1, -0.05) is 17.7 Å². The number of fused-ring (bicyclic) bond motifs is 1. The highest BCUT2D eigenvalue weighted by Crippen LogP contribution is 2.34. The maximum absolute atomic E-state index is 11.6. The number of rotatable bonds is 5. The number of aliphatic imine (C=N–C) groups is 1. The van der Waals surface area contributed by atoms with E-state index in [4.69, 9.17) is 16.3 Å². The number of aromatic nitrogens is 2. The lowest BCUT2D eigenvalue weighted by Crippen LogP contribution is -2.38. The maximum Gasteiger partial charge on any atom is 0.260 e. The van der Waals surface area contributed by atoms with Crippen LogP contribution in [0.4, 0.5) is 5.69 Å². The largest absolute Gasteiger partial charge is 0.506 e.